The van der Waals surface area contributed by atoms with Gasteiger partial charge in [-0.1, -0.05) is 62.9 Å². The number of aliphatic hydroxyl groups excluding tert-OH is 1. The van der Waals surface area contributed by atoms with Crippen molar-refractivity contribution in [1.82, 2.24) is 5.32 Å². The third kappa shape index (κ3) is 8.82. The molecule has 2 aromatic carbocycles. The van der Waals surface area contributed by atoms with Crippen LogP contribution in [0.2, 0.25) is 0 Å². The molecule has 0 aliphatic heterocycles. The minimum atomic E-state index is -0.942. The Morgan fingerprint density at radius 1 is 1.03 bits per heavy atom. The van der Waals surface area contributed by atoms with Crippen molar-refractivity contribution in [3.05, 3.63) is 77.9 Å². The zero-order chi connectivity index (χ0) is 22.6. The molecule has 6 heteroatoms. The quantitative estimate of drug-likeness (QED) is 0.489. The molecule has 0 aliphatic rings. The van der Waals surface area contributed by atoms with Gasteiger partial charge in [-0.25, -0.2) is 4.79 Å². The second kappa shape index (κ2) is 12.8. The van der Waals surface area contributed by atoms with Crippen molar-refractivity contribution in [3.63, 3.8) is 0 Å². The summed E-state index contributed by atoms with van der Waals surface area (Å²) in [4.78, 5) is 12.3. The van der Waals surface area contributed by atoms with E-state index in [-0.39, 0.29) is 19.1 Å². The van der Waals surface area contributed by atoms with Gasteiger partial charge in [0.25, 0.3) is 0 Å². The number of rotatable bonds is 12. The number of methoxy groups -OCH3 is 1. The number of amides is 1. The monoisotopic (exact) mass is 427 g/mol. The number of aliphatic hydroxyl groups is 1. The van der Waals surface area contributed by atoms with E-state index in [1.807, 2.05) is 68.4 Å². The number of nitrogens with one attached hydrogen (secondary N) is 1. The van der Waals surface area contributed by atoms with Crippen molar-refractivity contribution >= 4 is 6.09 Å². The molecule has 0 saturated carbocycles. The molecular formula is C25H33NO5. The highest BCUT2D eigenvalue weighted by atomic mass is 16.5. The van der Waals surface area contributed by atoms with Crippen molar-refractivity contribution in [2.75, 3.05) is 13.7 Å². The molecular weight excluding hydrogens is 394 g/mol. The van der Waals surface area contributed by atoms with Gasteiger partial charge in [-0.15, -0.1) is 0 Å². The van der Waals surface area contributed by atoms with E-state index in [1.165, 1.54) is 0 Å². The van der Waals surface area contributed by atoms with Crippen molar-refractivity contribution in [3.8, 4) is 5.75 Å². The number of benzene rings is 2. The topological polar surface area (TPSA) is 77.0 Å². The van der Waals surface area contributed by atoms with Crippen LogP contribution in [0.15, 0.2) is 66.7 Å². The summed E-state index contributed by atoms with van der Waals surface area (Å²) in [6.45, 7) is 8.75. The fraction of sp³-hybridized carbons (Fsp3) is 0.400. The van der Waals surface area contributed by atoms with Crippen molar-refractivity contribution in [1.29, 1.82) is 0 Å². The molecule has 2 N–H and O–H groups in total. The van der Waals surface area contributed by atoms with Gasteiger partial charge in [-0.05, 0) is 41.2 Å². The van der Waals surface area contributed by atoms with Crippen LogP contribution in [0.3, 0.4) is 0 Å². The van der Waals surface area contributed by atoms with Gasteiger partial charge >= 0.3 is 6.09 Å². The Morgan fingerprint density at radius 2 is 1.68 bits per heavy atom. The minimum absolute atomic E-state index is 0.170. The summed E-state index contributed by atoms with van der Waals surface area (Å²) >= 11 is 0. The van der Waals surface area contributed by atoms with E-state index in [0.717, 1.165) is 16.9 Å². The molecule has 0 bridgehead atoms. The van der Waals surface area contributed by atoms with E-state index in [4.69, 9.17) is 14.2 Å². The van der Waals surface area contributed by atoms with Crippen LogP contribution in [0, 0.1) is 5.92 Å². The maximum Gasteiger partial charge on any atom is 0.407 e. The number of ether oxygens (including phenoxy) is 3. The first kappa shape index (κ1) is 24.4. The maximum atomic E-state index is 12.3. The third-order valence-corrected chi connectivity index (χ3v) is 4.76. The molecule has 6 nitrogen and oxygen atoms in total. The molecule has 1 amide bonds. The highest BCUT2D eigenvalue weighted by Gasteiger charge is 2.25. The Kier molecular flexibility index (Phi) is 10.1. The molecule has 0 fully saturated rings. The predicted molar refractivity (Wildman–Crippen MR) is 121 cm³/mol. The van der Waals surface area contributed by atoms with Crippen molar-refractivity contribution in [2.24, 2.45) is 5.92 Å². The van der Waals surface area contributed by atoms with Crippen LogP contribution in [-0.4, -0.2) is 37.1 Å². The molecule has 168 valence electrons. The van der Waals surface area contributed by atoms with E-state index >= 15 is 0 Å². The summed E-state index contributed by atoms with van der Waals surface area (Å²) in [5.74, 6) is 1.05. The van der Waals surface area contributed by atoms with E-state index in [2.05, 4.69) is 11.9 Å². The Balaban J connectivity index is 1.84. The lowest BCUT2D eigenvalue weighted by Gasteiger charge is -2.27. The Morgan fingerprint density at radius 3 is 2.29 bits per heavy atom. The van der Waals surface area contributed by atoms with Crippen LogP contribution < -0.4 is 10.1 Å². The van der Waals surface area contributed by atoms with Gasteiger partial charge < -0.3 is 24.6 Å². The molecule has 0 heterocycles. The molecule has 0 saturated heterocycles. The van der Waals surface area contributed by atoms with E-state index < -0.39 is 18.2 Å². The summed E-state index contributed by atoms with van der Waals surface area (Å²) in [7, 11) is 1.62. The first-order valence-corrected chi connectivity index (χ1v) is 10.4. The SMILES string of the molecule is C=C(COCc1ccc(OC)cc1)C(O)[C@H](CC(C)C)NC(=O)OCc1ccccc1. The van der Waals surface area contributed by atoms with Crippen LogP contribution >= 0.6 is 0 Å². The van der Waals surface area contributed by atoms with Crippen LogP contribution in [-0.2, 0) is 22.7 Å². The number of alkyl carbamates (subject to hydrolysis) is 1. The van der Waals surface area contributed by atoms with Gasteiger partial charge in [-0.3, -0.25) is 0 Å². The first-order valence-electron chi connectivity index (χ1n) is 10.4. The standard InChI is InChI=1S/C25H33NO5/c1-18(2)14-23(26-25(28)31-17-20-8-6-5-7-9-20)24(27)19(3)15-30-16-21-10-12-22(29-4)13-11-21/h5-13,18,23-24,27H,3,14-17H2,1-2,4H3,(H,26,28)/t23-,24?/m0/s1. The Labute approximate surface area is 184 Å². The van der Waals surface area contributed by atoms with Crippen LogP contribution in [0.25, 0.3) is 0 Å². The molecule has 2 rings (SSSR count). The summed E-state index contributed by atoms with van der Waals surface area (Å²) in [5, 5.41) is 13.5. The number of hydrogen-bond acceptors (Lipinski definition) is 5. The zero-order valence-electron chi connectivity index (χ0n) is 18.5. The second-order valence-electron chi connectivity index (χ2n) is 7.89. The Hall–Kier alpha value is -2.83. The molecule has 1 unspecified atom stereocenters. The van der Waals surface area contributed by atoms with Gasteiger partial charge in [0.2, 0.25) is 0 Å². The highest BCUT2D eigenvalue weighted by Crippen LogP contribution is 2.16. The molecule has 31 heavy (non-hydrogen) atoms. The lowest BCUT2D eigenvalue weighted by atomic mass is 9.95. The number of carbonyl (C=O) groups is 1. The molecule has 2 atom stereocenters. The van der Waals surface area contributed by atoms with Gasteiger partial charge in [0.15, 0.2) is 0 Å². The van der Waals surface area contributed by atoms with Crippen molar-refractivity contribution < 1.29 is 24.1 Å². The normalized spacial score (nSPS) is 12.8. The molecule has 2 aromatic rings. The van der Waals surface area contributed by atoms with Gasteiger partial charge in [0.1, 0.15) is 12.4 Å². The highest BCUT2D eigenvalue weighted by molar-refractivity contribution is 5.67. The van der Waals surface area contributed by atoms with E-state index in [9.17, 15) is 9.90 Å². The lowest BCUT2D eigenvalue weighted by molar-refractivity contribution is 0.0878. The maximum absolute atomic E-state index is 12.3. The van der Waals surface area contributed by atoms with Crippen LogP contribution in [0.1, 0.15) is 31.4 Å². The average Bonchev–Trinajstić information content (AvgIpc) is 2.77. The first-order chi connectivity index (χ1) is 14.9. The smallest absolute Gasteiger partial charge is 0.407 e. The van der Waals surface area contributed by atoms with E-state index in [0.29, 0.717) is 18.6 Å². The second-order valence-corrected chi connectivity index (χ2v) is 7.89. The summed E-state index contributed by atoms with van der Waals surface area (Å²) < 4.78 is 16.1. The number of hydrogen-bond donors (Lipinski definition) is 2. The summed E-state index contributed by atoms with van der Waals surface area (Å²) in [6.07, 6.45) is -0.929. The van der Waals surface area contributed by atoms with Gasteiger partial charge in [-0.2, -0.15) is 0 Å². The molecule has 0 spiro atoms. The largest absolute Gasteiger partial charge is 0.497 e. The van der Waals surface area contributed by atoms with Crippen molar-refractivity contribution in [2.45, 2.75) is 45.6 Å². The zero-order valence-corrected chi connectivity index (χ0v) is 18.5. The van der Waals surface area contributed by atoms with E-state index in [1.54, 1.807) is 7.11 Å². The predicted octanol–water partition coefficient (Wildman–Crippen LogP) is 4.47. The average molecular weight is 428 g/mol. The fourth-order valence-electron chi connectivity index (χ4n) is 3.08. The molecule has 0 aromatic heterocycles. The summed E-state index contributed by atoms with van der Waals surface area (Å²) in [5.41, 5.74) is 2.39. The summed E-state index contributed by atoms with van der Waals surface area (Å²) in [6, 6.07) is 16.5. The lowest BCUT2D eigenvalue weighted by Crippen LogP contribution is -2.45. The van der Waals surface area contributed by atoms with Crippen LogP contribution in [0.4, 0.5) is 4.79 Å². The van der Waals surface area contributed by atoms with Gasteiger partial charge in [0, 0.05) is 0 Å². The van der Waals surface area contributed by atoms with Gasteiger partial charge in [0.05, 0.1) is 32.5 Å². The minimum Gasteiger partial charge on any atom is -0.497 e. The Bertz CT molecular complexity index is 804. The molecule has 0 aliphatic carbocycles. The van der Waals surface area contributed by atoms with Crippen LogP contribution in [0.5, 0.6) is 5.75 Å². The molecule has 0 radical (unpaired) electrons. The third-order valence-electron chi connectivity index (χ3n) is 4.76. The fourth-order valence-corrected chi connectivity index (χ4v) is 3.08. The number of carbonyl (C=O) groups excluding carboxylic acids is 1.